The third-order valence-electron chi connectivity index (χ3n) is 5.22. The first kappa shape index (κ1) is 16.5. The Morgan fingerprint density at radius 3 is 2.70 bits per heavy atom. The minimum atomic E-state index is 0.243. The SMILES string of the molecule is Cc1cc(N2CCN(C3CCCCC3)[C@H](CCO)C2)nc(N)n1. The summed E-state index contributed by atoms with van der Waals surface area (Å²) in [7, 11) is 0. The molecule has 1 saturated heterocycles. The van der Waals surface area contributed by atoms with Crippen LogP contribution in [0.25, 0.3) is 0 Å². The van der Waals surface area contributed by atoms with E-state index in [-0.39, 0.29) is 6.61 Å². The molecule has 0 radical (unpaired) electrons. The number of nitrogens with two attached hydrogens (primary N) is 1. The number of piperazine rings is 1. The minimum absolute atomic E-state index is 0.243. The monoisotopic (exact) mass is 319 g/mol. The Morgan fingerprint density at radius 2 is 2.00 bits per heavy atom. The van der Waals surface area contributed by atoms with E-state index in [0.29, 0.717) is 18.0 Å². The maximum absolute atomic E-state index is 9.49. The predicted molar refractivity (Wildman–Crippen MR) is 92.5 cm³/mol. The number of nitrogen functional groups attached to an aromatic ring is 1. The summed E-state index contributed by atoms with van der Waals surface area (Å²) in [4.78, 5) is 13.5. The first-order valence-electron chi connectivity index (χ1n) is 8.90. The fraction of sp³-hybridized carbons (Fsp3) is 0.765. The Hall–Kier alpha value is -1.40. The number of rotatable bonds is 4. The zero-order valence-corrected chi connectivity index (χ0v) is 14.1. The second-order valence-electron chi connectivity index (χ2n) is 6.87. The van der Waals surface area contributed by atoms with Crippen LogP contribution in [0.4, 0.5) is 11.8 Å². The maximum Gasteiger partial charge on any atom is 0.222 e. The molecular weight excluding hydrogens is 290 g/mol. The molecule has 6 heteroatoms. The quantitative estimate of drug-likeness (QED) is 0.877. The number of aliphatic hydroxyl groups is 1. The molecule has 1 aromatic rings. The van der Waals surface area contributed by atoms with E-state index < -0.39 is 0 Å². The van der Waals surface area contributed by atoms with Gasteiger partial charge in [-0.15, -0.1) is 0 Å². The topological polar surface area (TPSA) is 78.5 Å². The van der Waals surface area contributed by atoms with Gasteiger partial charge in [-0.25, -0.2) is 4.98 Å². The molecule has 0 unspecified atom stereocenters. The van der Waals surface area contributed by atoms with E-state index in [9.17, 15) is 5.11 Å². The van der Waals surface area contributed by atoms with Crippen LogP contribution in [0.2, 0.25) is 0 Å². The minimum Gasteiger partial charge on any atom is -0.396 e. The molecule has 23 heavy (non-hydrogen) atoms. The van der Waals surface area contributed by atoms with Gasteiger partial charge in [0, 0.05) is 50.1 Å². The normalized spacial score (nSPS) is 24.1. The molecule has 128 valence electrons. The molecule has 1 aliphatic carbocycles. The van der Waals surface area contributed by atoms with E-state index in [4.69, 9.17) is 5.73 Å². The van der Waals surface area contributed by atoms with Crippen LogP contribution in [0, 0.1) is 6.92 Å². The number of hydrogen-bond acceptors (Lipinski definition) is 6. The van der Waals surface area contributed by atoms with Gasteiger partial charge in [0.2, 0.25) is 5.95 Å². The molecule has 3 rings (SSSR count). The lowest BCUT2D eigenvalue weighted by Gasteiger charge is -2.46. The predicted octanol–water partition coefficient (Wildman–Crippen LogP) is 1.57. The van der Waals surface area contributed by atoms with Crippen LogP contribution in [0.5, 0.6) is 0 Å². The summed E-state index contributed by atoms with van der Waals surface area (Å²) in [6.45, 7) is 5.11. The molecule has 1 aromatic heterocycles. The van der Waals surface area contributed by atoms with Gasteiger partial charge in [-0.3, -0.25) is 4.90 Å². The second kappa shape index (κ2) is 7.45. The van der Waals surface area contributed by atoms with Gasteiger partial charge in [-0.05, 0) is 26.2 Å². The summed E-state index contributed by atoms with van der Waals surface area (Å²) in [5.41, 5.74) is 6.71. The van der Waals surface area contributed by atoms with Gasteiger partial charge in [-0.2, -0.15) is 4.98 Å². The van der Waals surface area contributed by atoms with Crippen molar-refractivity contribution in [3.63, 3.8) is 0 Å². The van der Waals surface area contributed by atoms with Gasteiger partial charge in [0.15, 0.2) is 0 Å². The number of nitrogens with zero attached hydrogens (tertiary/aromatic N) is 4. The molecule has 1 saturated carbocycles. The number of anilines is 2. The van der Waals surface area contributed by atoms with E-state index in [2.05, 4.69) is 19.8 Å². The van der Waals surface area contributed by atoms with E-state index in [0.717, 1.165) is 37.6 Å². The summed E-state index contributed by atoms with van der Waals surface area (Å²) in [6, 6.07) is 3.09. The highest BCUT2D eigenvalue weighted by atomic mass is 16.3. The van der Waals surface area contributed by atoms with Crippen molar-refractivity contribution in [1.29, 1.82) is 0 Å². The molecule has 2 heterocycles. The van der Waals surface area contributed by atoms with E-state index in [1.165, 1.54) is 32.1 Å². The average Bonchev–Trinajstić information content (AvgIpc) is 2.55. The fourth-order valence-corrected chi connectivity index (χ4v) is 4.11. The van der Waals surface area contributed by atoms with E-state index >= 15 is 0 Å². The molecule has 0 bridgehead atoms. The smallest absolute Gasteiger partial charge is 0.222 e. The number of aryl methyl sites for hydroxylation is 1. The average molecular weight is 319 g/mol. The van der Waals surface area contributed by atoms with Crippen LogP contribution < -0.4 is 10.6 Å². The lowest BCUT2D eigenvalue weighted by molar-refractivity contribution is 0.0756. The van der Waals surface area contributed by atoms with Crippen LogP contribution in [0.3, 0.4) is 0 Å². The van der Waals surface area contributed by atoms with Crippen LogP contribution in [0.15, 0.2) is 6.07 Å². The Labute approximate surface area is 138 Å². The van der Waals surface area contributed by atoms with Crippen molar-refractivity contribution in [3.8, 4) is 0 Å². The summed E-state index contributed by atoms with van der Waals surface area (Å²) in [5, 5.41) is 9.49. The van der Waals surface area contributed by atoms with Gasteiger partial charge in [0.25, 0.3) is 0 Å². The fourth-order valence-electron chi connectivity index (χ4n) is 4.11. The molecule has 2 fully saturated rings. The first-order valence-corrected chi connectivity index (χ1v) is 8.90. The summed E-state index contributed by atoms with van der Waals surface area (Å²) in [6.07, 6.45) is 7.51. The highest BCUT2D eigenvalue weighted by Gasteiger charge is 2.32. The van der Waals surface area contributed by atoms with Gasteiger partial charge >= 0.3 is 0 Å². The molecular formula is C17H29N5O. The Morgan fingerprint density at radius 1 is 1.22 bits per heavy atom. The number of aliphatic hydroxyl groups excluding tert-OH is 1. The highest BCUT2D eigenvalue weighted by Crippen LogP contribution is 2.28. The summed E-state index contributed by atoms with van der Waals surface area (Å²) >= 11 is 0. The Kier molecular flexibility index (Phi) is 5.33. The van der Waals surface area contributed by atoms with Crippen molar-refractivity contribution < 1.29 is 5.11 Å². The van der Waals surface area contributed by atoms with Crippen LogP contribution >= 0.6 is 0 Å². The van der Waals surface area contributed by atoms with Gasteiger partial charge < -0.3 is 15.7 Å². The molecule has 0 aromatic carbocycles. The highest BCUT2D eigenvalue weighted by molar-refractivity contribution is 5.44. The first-order chi connectivity index (χ1) is 11.2. The van der Waals surface area contributed by atoms with Crippen molar-refractivity contribution in [2.24, 2.45) is 0 Å². The number of aromatic nitrogens is 2. The molecule has 3 N–H and O–H groups in total. The zero-order valence-electron chi connectivity index (χ0n) is 14.1. The van der Waals surface area contributed by atoms with Crippen molar-refractivity contribution in [2.45, 2.75) is 57.5 Å². The van der Waals surface area contributed by atoms with E-state index in [1.54, 1.807) is 0 Å². The van der Waals surface area contributed by atoms with Crippen molar-refractivity contribution >= 4 is 11.8 Å². The molecule has 2 aliphatic rings. The van der Waals surface area contributed by atoms with Gasteiger partial charge in [-0.1, -0.05) is 19.3 Å². The van der Waals surface area contributed by atoms with Crippen molar-refractivity contribution in [1.82, 2.24) is 14.9 Å². The largest absolute Gasteiger partial charge is 0.396 e. The standard InChI is InChI=1S/C17H29N5O/c1-13-11-16(20-17(18)19-13)21-8-9-22(15(12-21)7-10-23)14-5-3-2-4-6-14/h11,14-15,23H,2-10,12H2,1H3,(H2,18,19,20)/t15-/m1/s1. The van der Waals surface area contributed by atoms with Crippen LogP contribution in [0.1, 0.15) is 44.2 Å². The summed E-state index contributed by atoms with van der Waals surface area (Å²) in [5.74, 6) is 1.26. The third kappa shape index (κ3) is 3.93. The van der Waals surface area contributed by atoms with Gasteiger partial charge in [0.1, 0.15) is 5.82 Å². The molecule has 1 aliphatic heterocycles. The molecule has 1 atom stereocenters. The van der Waals surface area contributed by atoms with Crippen molar-refractivity contribution in [2.75, 3.05) is 36.9 Å². The maximum atomic E-state index is 9.49. The molecule has 0 amide bonds. The van der Waals surface area contributed by atoms with Crippen LogP contribution in [-0.4, -0.2) is 58.3 Å². The summed E-state index contributed by atoms with van der Waals surface area (Å²) < 4.78 is 0. The van der Waals surface area contributed by atoms with Gasteiger partial charge in [0.05, 0.1) is 0 Å². The second-order valence-corrected chi connectivity index (χ2v) is 6.87. The Bertz CT molecular complexity index is 497. The molecule has 0 spiro atoms. The lowest BCUT2D eigenvalue weighted by Crippen LogP contribution is -2.57. The Balaban J connectivity index is 1.72. The van der Waals surface area contributed by atoms with Crippen LogP contribution in [-0.2, 0) is 0 Å². The van der Waals surface area contributed by atoms with E-state index in [1.807, 2.05) is 13.0 Å². The lowest BCUT2D eigenvalue weighted by atomic mass is 9.92. The number of hydrogen-bond donors (Lipinski definition) is 2. The molecule has 6 nitrogen and oxygen atoms in total. The zero-order chi connectivity index (χ0) is 16.2. The third-order valence-corrected chi connectivity index (χ3v) is 5.22. The van der Waals surface area contributed by atoms with Crippen molar-refractivity contribution in [3.05, 3.63) is 11.8 Å².